The van der Waals surface area contributed by atoms with Crippen molar-refractivity contribution in [3.05, 3.63) is 23.8 Å². The van der Waals surface area contributed by atoms with E-state index in [4.69, 9.17) is 5.73 Å². The Kier molecular flexibility index (Phi) is 4.77. The lowest BCUT2D eigenvalue weighted by Crippen LogP contribution is -2.50. The highest BCUT2D eigenvalue weighted by Gasteiger charge is 2.52. The van der Waals surface area contributed by atoms with Crippen molar-refractivity contribution in [2.45, 2.75) is 57.4 Å². The van der Waals surface area contributed by atoms with E-state index >= 15 is 0 Å². The highest BCUT2D eigenvalue weighted by molar-refractivity contribution is 6.10. The van der Waals surface area contributed by atoms with Crippen LogP contribution in [0.2, 0.25) is 0 Å². The number of fused-ring (bicyclic) bond motifs is 1. The third-order valence-corrected chi connectivity index (χ3v) is 6.66. The van der Waals surface area contributed by atoms with Gasteiger partial charge in [-0.25, -0.2) is 4.79 Å². The maximum absolute atomic E-state index is 13.1. The number of amides is 4. The van der Waals surface area contributed by atoms with Crippen LogP contribution in [0.25, 0.3) is 0 Å². The van der Waals surface area contributed by atoms with Gasteiger partial charge in [0.15, 0.2) is 0 Å². The lowest BCUT2D eigenvalue weighted by Gasteiger charge is -2.35. The van der Waals surface area contributed by atoms with Gasteiger partial charge in [0, 0.05) is 17.9 Å². The number of anilines is 2. The van der Waals surface area contributed by atoms with E-state index in [1.807, 2.05) is 18.2 Å². The average Bonchev–Trinajstić information content (AvgIpc) is 2.92. The van der Waals surface area contributed by atoms with Crippen molar-refractivity contribution in [1.82, 2.24) is 10.2 Å². The van der Waals surface area contributed by atoms with Crippen LogP contribution in [0.4, 0.5) is 16.2 Å². The molecule has 2 aliphatic heterocycles. The van der Waals surface area contributed by atoms with Crippen LogP contribution < -0.4 is 16.0 Å². The standard InChI is InChI=1S/C21H28N4O3/c1-2-14-8-10-21(11-9-14)19(27)25(20(28)23-21)13-18(26)24-12-4-5-15-16(22)6-3-7-17(15)24/h3,6-7,14H,2,4-5,8-13,22H2,1H3,(H,23,28). The summed E-state index contributed by atoms with van der Waals surface area (Å²) in [6, 6.07) is 5.09. The maximum Gasteiger partial charge on any atom is 0.325 e. The molecule has 0 atom stereocenters. The Hall–Kier alpha value is -2.57. The number of nitrogens with zero attached hydrogens (tertiary/aromatic N) is 2. The first kappa shape index (κ1) is 18.8. The van der Waals surface area contributed by atoms with Crippen LogP contribution >= 0.6 is 0 Å². The fourth-order valence-electron chi connectivity index (χ4n) is 4.87. The summed E-state index contributed by atoms with van der Waals surface area (Å²) in [6.45, 7) is 2.51. The molecule has 1 saturated heterocycles. The Morgan fingerprint density at radius 3 is 2.75 bits per heavy atom. The summed E-state index contributed by atoms with van der Waals surface area (Å²) in [5.41, 5.74) is 7.69. The number of imide groups is 1. The number of nitrogens with one attached hydrogen (secondary N) is 1. The van der Waals surface area contributed by atoms with Crippen molar-refractivity contribution in [3.63, 3.8) is 0 Å². The summed E-state index contributed by atoms with van der Waals surface area (Å²) >= 11 is 0. The molecule has 2 heterocycles. The molecule has 150 valence electrons. The molecule has 3 aliphatic rings. The van der Waals surface area contributed by atoms with Gasteiger partial charge in [-0.05, 0) is 62.1 Å². The zero-order valence-electron chi connectivity index (χ0n) is 16.4. The lowest BCUT2D eigenvalue weighted by molar-refractivity contribution is -0.135. The fraction of sp³-hybridized carbons (Fsp3) is 0.571. The normalized spacial score (nSPS) is 27.1. The molecule has 0 radical (unpaired) electrons. The second kappa shape index (κ2) is 7.11. The molecule has 3 N–H and O–H groups in total. The molecule has 7 heteroatoms. The Balaban J connectivity index is 1.49. The Bertz CT molecular complexity index is 814. The number of urea groups is 1. The van der Waals surface area contributed by atoms with Gasteiger partial charge in [-0.2, -0.15) is 0 Å². The molecule has 28 heavy (non-hydrogen) atoms. The molecular weight excluding hydrogens is 356 g/mol. The first-order valence-electron chi connectivity index (χ1n) is 10.3. The van der Waals surface area contributed by atoms with Crippen LogP contribution in [0.5, 0.6) is 0 Å². The number of hydrogen-bond donors (Lipinski definition) is 2. The second-order valence-electron chi connectivity index (χ2n) is 8.25. The third-order valence-electron chi connectivity index (χ3n) is 6.66. The topological polar surface area (TPSA) is 95.7 Å². The van der Waals surface area contributed by atoms with Gasteiger partial charge in [-0.15, -0.1) is 0 Å². The van der Waals surface area contributed by atoms with Crippen LogP contribution in [0.3, 0.4) is 0 Å². The minimum absolute atomic E-state index is 0.224. The van der Waals surface area contributed by atoms with Gasteiger partial charge in [0.1, 0.15) is 12.1 Å². The molecule has 7 nitrogen and oxygen atoms in total. The molecule has 4 amide bonds. The van der Waals surface area contributed by atoms with Gasteiger partial charge in [-0.3, -0.25) is 14.5 Å². The number of nitrogens with two attached hydrogens (primary N) is 1. The summed E-state index contributed by atoms with van der Waals surface area (Å²) in [7, 11) is 0. The van der Waals surface area contributed by atoms with E-state index in [0.29, 0.717) is 31.0 Å². The Morgan fingerprint density at radius 1 is 1.29 bits per heavy atom. The number of nitrogen functional groups attached to an aromatic ring is 1. The smallest absolute Gasteiger partial charge is 0.325 e. The maximum atomic E-state index is 13.1. The number of benzene rings is 1. The molecule has 4 rings (SSSR count). The number of hydrogen-bond acceptors (Lipinski definition) is 4. The molecule has 1 saturated carbocycles. The predicted molar refractivity (Wildman–Crippen MR) is 107 cm³/mol. The zero-order valence-corrected chi connectivity index (χ0v) is 16.4. The number of carbonyl (C=O) groups excluding carboxylic acids is 3. The van der Waals surface area contributed by atoms with Gasteiger partial charge in [0.05, 0.1) is 0 Å². The van der Waals surface area contributed by atoms with E-state index in [1.165, 1.54) is 0 Å². The minimum Gasteiger partial charge on any atom is -0.398 e. The van der Waals surface area contributed by atoms with Crippen LogP contribution in [-0.4, -0.2) is 41.4 Å². The predicted octanol–water partition coefficient (Wildman–Crippen LogP) is 2.44. The summed E-state index contributed by atoms with van der Waals surface area (Å²) < 4.78 is 0. The van der Waals surface area contributed by atoms with Crippen molar-refractivity contribution in [1.29, 1.82) is 0 Å². The van der Waals surface area contributed by atoms with Crippen LogP contribution in [0.1, 0.15) is 51.0 Å². The molecule has 2 fully saturated rings. The van der Waals surface area contributed by atoms with E-state index in [9.17, 15) is 14.4 Å². The SMILES string of the molecule is CCC1CCC2(CC1)NC(=O)N(CC(=O)N1CCCc3c(N)cccc31)C2=O. The van der Waals surface area contributed by atoms with Crippen LogP contribution in [0.15, 0.2) is 18.2 Å². The summed E-state index contributed by atoms with van der Waals surface area (Å²) in [5, 5.41) is 2.90. The van der Waals surface area contributed by atoms with Crippen molar-refractivity contribution < 1.29 is 14.4 Å². The largest absolute Gasteiger partial charge is 0.398 e. The zero-order chi connectivity index (χ0) is 19.9. The van der Waals surface area contributed by atoms with E-state index in [-0.39, 0.29) is 18.4 Å². The summed E-state index contributed by atoms with van der Waals surface area (Å²) in [4.78, 5) is 41.4. The van der Waals surface area contributed by atoms with Crippen molar-refractivity contribution in [3.8, 4) is 0 Å². The molecule has 0 bridgehead atoms. The van der Waals surface area contributed by atoms with E-state index < -0.39 is 11.6 Å². The van der Waals surface area contributed by atoms with Crippen LogP contribution in [-0.2, 0) is 16.0 Å². The van der Waals surface area contributed by atoms with E-state index in [0.717, 1.165) is 48.3 Å². The lowest BCUT2D eigenvalue weighted by atomic mass is 9.75. The first-order chi connectivity index (χ1) is 13.4. The molecule has 1 aromatic carbocycles. The minimum atomic E-state index is -0.812. The molecule has 1 aliphatic carbocycles. The highest BCUT2D eigenvalue weighted by atomic mass is 16.2. The van der Waals surface area contributed by atoms with Gasteiger partial charge in [-0.1, -0.05) is 19.4 Å². The first-order valence-corrected chi connectivity index (χ1v) is 10.3. The van der Waals surface area contributed by atoms with Crippen molar-refractivity contribution in [2.24, 2.45) is 5.92 Å². The Morgan fingerprint density at radius 2 is 2.04 bits per heavy atom. The monoisotopic (exact) mass is 384 g/mol. The van der Waals surface area contributed by atoms with Crippen molar-refractivity contribution in [2.75, 3.05) is 23.7 Å². The average molecular weight is 384 g/mol. The van der Waals surface area contributed by atoms with Gasteiger partial charge < -0.3 is 16.0 Å². The van der Waals surface area contributed by atoms with Crippen LogP contribution in [0, 0.1) is 5.92 Å². The third kappa shape index (κ3) is 3.02. The summed E-state index contributed by atoms with van der Waals surface area (Å²) in [5.74, 6) is 0.126. The molecule has 1 aromatic rings. The molecular formula is C21H28N4O3. The van der Waals surface area contributed by atoms with Crippen molar-refractivity contribution >= 4 is 29.2 Å². The van der Waals surface area contributed by atoms with E-state index in [1.54, 1.807) is 4.90 Å². The summed E-state index contributed by atoms with van der Waals surface area (Å²) in [6.07, 6.45) is 5.92. The van der Waals surface area contributed by atoms with Gasteiger partial charge in [0.25, 0.3) is 5.91 Å². The molecule has 1 spiro atoms. The fourth-order valence-corrected chi connectivity index (χ4v) is 4.87. The number of rotatable bonds is 3. The highest BCUT2D eigenvalue weighted by Crippen LogP contribution is 2.38. The Labute approximate surface area is 165 Å². The number of carbonyl (C=O) groups is 3. The molecule has 0 unspecified atom stereocenters. The molecule has 0 aromatic heterocycles. The van der Waals surface area contributed by atoms with Gasteiger partial charge in [0.2, 0.25) is 5.91 Å². The quantitative estimate of drug-likeness (QED) is 0.618. The van der Waals surface area contributed by atoms with E-state index in [2.05, 4.69) is 12.2 Å². The van der Waals surface area contributed by atoms with Gasteiger partial charge >= 0.3 is 6.03 Å². The second-order valence-corrected chi connectivity index (χ2v) is 8.25.